The Labute approximate surface area is 119 Å². The number of rotatable bonds is 6. The van der Waals surface area contributed by atoms with Crippen LogP contribution in [0.3, 0.4) is 0 Å². The molecule has 6 heteroatoms. The molecule has 0 aliphatic rings. The Morgan fingerprint density at radius 2 is 2.11 bits per heavy atom. The van der Waals surface area contributed by atoms with E-state index in [1.165, 1.54) is 0 Å². The van der Waals surface area contributed by atoms with Crippen molar-refractivity contribution in [3.05, 3.63) is 11.4 Å². The van der Waals surface area contributed by atoms with Gasteiger partial charge < -0.3 is 10.6 Å². The number of nitrogens with two attached hydrogens (primary N) is 1. The highest BCUT2D eigenvalue weighted by molar-refractivity contribution is 7.98. The van der Waals surface area contributed by atoms with E-state index in [1.807, 2.05) is 20.8 Å². The van der Waals surface area contributed by atoms with E-state index in [-0.39, 0.29) is 17.9 Å². The van der Waals surface area contributed by atoms with Crippen molar-refractivity contribution in [2.75, 3.05) is 24.8 Å². The Bertz CT molecular complexity index is 430. The van der Waals surface area contributed by atoms with Crippen LogP contribution in [0.5, 0.6) is 0 Å². The average molecular weight is 284 g/mol. The van der Waals surface area contributed by atoms with E-state index in [0.29, 0.717) is 11.4 Å². The van der Waals surface area contributed by atoms with E-state index < -0.39 is 0 Å². The minimum atomic E-state index is -0.116. The Kier molecular flexibility index (Phi) is 5.72. The standard InChI is InChI=1S/C13H24N4OS/c1-8(2)11-10(14)12(16-15-11)13(18)17(4)9(3)6-7-19-5/h8-9H,6-7,14H2,1-5H3,(H,15,16). The molecule has 108 valence electrons. The van der Waals surface area contributed by atoms with Crippen LogP contribution in [0.15, 0.2) is 0 Å². The van der Waals surface area contributed by atoms with Gasteiger partial charge in [-0.15, -0.1) is 0 Å². The van der Waals surface area contributed by atoms with Crippen molar-refractivity contribution < 1.29 is 4.79 Å². The van der Waals surface area contributed by atoms with E-state index in [4.69, 9.17) is 5.73 Å². The maximum absolute atomic E-state index is 12.4. The number of carbonyl (C=O) groups excluding carboxylic acids is 1. The van der Waals surface area contributed by atoms with Crippen molar-refractivity contribution in [2.45, 2.75) is 39.2 Å². The first-order valence-electron chi connectivity index (χ1n) is 6.49. The van der Waals surface area contributed by atoms with Crippen molar-refractivity contribution in [3.8, 4) is 0 Å². The van der Waals surface area contributed by atoms with Crippen LogP contribution in [-0.2, 0) is 0 Å². The molecule has 1 amide bonds. The van der Waals surface area contributed by atoms with Crippen LogP contribution in [0.4, 0.5) is 5.69 Å². The number of carbonyl (C=O) groups is 1. The number of hydrogen-bond donors (Lipinski definition) is 2. The van der Waals surface area contributed by atoms with Gasteiger partial charge in [0, 0.05) is 13.1 Å². The molecule has 0 fully saturated rings. The molecule has 1 atom stereocenters. The zero-order chi connectivity index (χ0) is 14.6. The Balaban J connectivity index is 2.82. The second kappa shape index (κ2) is 6.84. The zero-order valence-corrected chi connectivity index (χ0v) is 13.2. The monoisotopic (exact) mass is 284 g/mol. The summed E-state index contributed by atoms with van der Waals surface area (Å²) in [6, 6.07) is 0.179. The van der Waals surface area contributed by atoms with Gasteiger partial charge in [0.15, 0.2) is 5.69 Å². The van der Waals surface area contributed by atoms with Gasteiger partial charge in [0.1, 0.15) is 0 Å². The lowest BCUT2D eigenvalue weighted by molar-refractivity contribution is 0.0736. The summed E-state index contributed by atoms with van der Waals surface area (Å²) in [5.74, 6) is 1.15. The quantitative estimate of drug-likeness (QED) is 0.840. The fraction of sp³-hybridized carbons (Fsp3) is 0.692. The molecule has 1 heterocycles. The predicted molar refractivity (Wildman–Crippen MR) is 81.6 cm³/mol. The third-order valence-electron chi connectivity index (χ3n) is 3.33. The lowest BCUT2D eigenvalue weighted by Crippen LogP contribution is -2.36. The molecule has 0 spiro atoms. The summed E-state index contributed by atoms with van der Waals surface area (Å²) in [6.45, 7) is 6.08. The molecule has 0 saturated carbocycles. The third kappa shape index (κ3) is 3.65. The molecule has 3 N–H and O–H groups in total. The lowest BCUT2D eigenvalue weighted by atomic mass is 10.1. The van der Waals surface area contributed by atoms with Crippen LogP contribution in [-0.4, -0.2) is 46.1 Å². The van der Waals surface area contributed by atoms with Crippen LogP contribution in [0.2, 0.25) is 0 Å². The number of H-pyrrole nitrogens is 1. The topological polar surface area (TPSA) is 75.0 Å². The highest BCUT2D eigenvalue weighted by atomic mass is 32.2. The molecule has 1 rings (SSSR count). The molecule has 0 bridgehead atoms. The van der Waals surface area contributed by atoms with Gasteiger partial charge in [0.2, 0.25) is 0 Å². The number of nitrogens with zero attached hydrogens (tertiary/aromatic N) is 2. The fourth-order valence-electron chi connectivity index (χ4n) is 1.82. The second-order valence-electron chi connectivity index (χ2n) is 5.10. The highest BCUT2D eigenvalue weighted by Crippen LogP contribution is 2.23. The van der Waals surface area contributed by atoms with E-state index >= 15 is 0 Å². The summed E-state index contributed by atoms with van der Waals surface area (Å²) in [6.07, 6.45) is 3.03. The first-order chi connectivity index (χ1) is 8.90. The fourth-order valence-corrected chi connectivity index (χ4v) is 2.39. The molecule has 0 aliphatic carbocycles. The van der Waals surface area contributed by atoms with Crippen LogP contribution in [0, 0.1) is 0 Å². The van der Waals surface area contributed by atoms with Gasteiger partial charge in [-0.25, -0.2) is 0 Å². The molecule has 0 aliphatic heterocycles. The number of thioether (sulfide) groups is 1. The van der Waals surface area contributed by atoms with Gasteiger partial charge >= 0.3 is 0 Å². The van der Waals surface area contributed by atoms with Gasteiger partial charge in [0.05, 0.1) is 11.4 Å². The molecule has 0 saturated heterocycles. The van der Waals surface area contributed by atoms with E-state index in [9.17, 15) is 4.79 Å². The first kappa shape index (κ1) is 15.9. The summed E-state index contributed by atoms with van der Waals surface area (Å²) in [5, 5.41) is 6.94. The van der Waals surface area contributed by atoms with E-state index in [1.54, 1.807) is 23.7 Å². The summed E-state index contributed by atoms with van der Waals surface area (Å²) >= 11 is 1.78. The van der Waals surface area contributed by atoms with Gasteiger partial charge in [-0.1, -0.05) is 13.8 Å². The highest BCUT2D eigenvalue weighted by Gasteiger charge is 2.24. The van der Waals surface area contributed by atoms with Crippen LogP contribution in [0.25, 0.3) is 0 Å². The number of hydrogen-bond acceptors (Lipinski definition) is 4. The number of aromatic nitrogens is 2. The van der Waals surface area contributed by atoms with Crippen molar-refractivity contribution in [3.63, 3.8) is 0 Å². The van der Waals surface area contributed by atoms with Gasteiger partial charge in [-0.3, -0.25) is 9.89 Å². The normalized spacial score (nSPS) is 12.7. The average Bonchev–Trinajstić information content (AvgIpc) is 2.76. The molecule has 1 aromatic heterocycles. The van der Waals surface area contributed by atoms with E-state index in [2.05, 4.69) is 16.5 Å². The SMILES string of the molecule is CSCCC(C)N(C)C(=O)c1n[nH]c(C(C)C)c1N. The van der Waals surface area contributed by atoms with Crippen LogP contribution >= 0.6 is 11.8 Å². The number of nitrogens with one attached hydrogen (secondary N) is 1. The third-order valence-corrected chi connectivity index (χ3v) is 3.98. The molecule has 1 unspecified atom stereocenters. The number of amides is 1. The van der Waals surface area contributed by atoms with Gasteiger partial charge in [-0.2, -0.15) is 16.9 Å². The summed E-state index contributed by atoms with van der Waals surface area (Å²) < 4.78 is 0. The lowest BCUT2D eigenvalue weighted by Gasteiger charge is -2.24. The summed E-state index contributed by atoms with van der Waals surface area (Å²) in [5.41, 5.74) is 7.64. The van der Waals surface area contributed by atoms with Crippen molar-refractivity contribution in [2.24, 2.45) is 0 Å². The maximum atomic E-state index is 12.4. The molecule has 0 aromatic carbocycles. The molecule has 1 aromatic rings. The number of nitrogen functional groups attached to an aromatic ring is 1. The largest absolute Gasteiger partial charge is 0.395 e. The van der Waals surface area contributed by atoms with Crippen molar-refractivity contribution in [1.82, 2.24) is 15.1 Å². The molecule has 5 nitrogen and oxygen atoms in total. The first-order valence-corrected chi connectivity index (χ1v) is 7.89. The Morgan fingerprint density at radius 1 is 1.47 bits per heavy atom. The smallest absolute Gasteiger partial charge is 0.276 e. The molecular weight excluding hydrogens is 260 g/mol. The summed E-state index contributed by atoms with van der Waals surface area (Å²) in [4.78, 5) is 14.1. The minimum absolute atomic E-state index is 0.116. The van der Waals surface area contributed by atoms with Gasteiger partial charge in [0.25, 0.3) is 5.91 Å². The molecular formula is C13H24N4OS. The van der Waals surface area contributed by atoms with Crippen LogP contribution < -0.4 is 5.73 Å². The predicted octanol–water partition coefficient (Wildman–Crippen LogP) is 2.33. The van der Waals surface area contributed by atoms with Crippen LogP contribution in [0.1, 0.15) is 49.3 Å². The van der Waals surface area contributed by atoms with E-state index in [0.717, 1.165) is 17.9 Å². The minimum Gasteiger partial charge on any atom is -0.395 e. The van der Waals surface area contributed by atoms with Gasteiger partial charge in [-0.05, 0) is 31.3 Å². The zero-order valence-electron chi connectivity index (χ0n) is 12.4. The second-order valence-corrected chi connectivity index (χ2v) is 6.09. The van der Waals surface area contributed by atoms with Crippen molar-refractivity contribution >= 4 is 23.4 Å². The Morgan fingerprint density at radius 3 is 2.58 bits per heavy atom. The maximum Gasteiger partial charge on any atom is 0.276 e. The Hall–Kier alpha value is -1.17. The number of anilines is 1. The molecule has 19 heavy (non-hydrogen) atoms. The van der Waals surface area contributed by atoms with Crippen molar-refractivity contribution in [1.29, 1.82) is 0 Å². The molecule has 0 radical (unpaired) electrons. The number of aromatic amines is 1. The summed E-state index contributed by atoms with van der Waals surface area (Å²) in [7, 11) is 1.80.